The minimum absolute atomic E-state index is 0.290. The zero-order chi connectivity index (χ0) is 13.0. The molecular weight excluding hydrogens is 268 g/mol. The van der Waals surface area contributed by atoms with Gasteiger partial charge in [-0.25, -0.2) is 9.97 Å². The molecule has 2 aromatic rings. The van der Waals surface area contributed by atoms with Gasteiger partial charge in [0.1, 0.15) is 18.1 Å². The van der Waals surface area contributed by atoms with E-state index in [0.29, 0.717) is 24.2 Å². The first kappa shape index (κ1) is 13.3. The normalized spacial score (nSPS) is 10.9. The van der Waals surface area contributed by atoms with Crippen LogP contribution in [0.25, 0.3) is 0 Å². The van der Waals surface area contributed by atoms with Gasteiger partial charge in [-0.3, -0.25) is 0 Å². The predicted octanol–water partition coefficient (Wildman–Crippen LogP) is 3.98. The highest BCUT2D eigenvalue weighted by Crippen LogP contribution is 2.22. The van der Waals surface area contributed by atoms with Crippen molar-refractivity contribution >= 4 is 22.9 Å². The minimum atomic E-state index is 0.290. The standard InChI is InChI=1S/C13H15ClN2OS/c1-9(2)13-15-7-12(11(6-14)16-13)17-8-10-4-3-5-18-10/h3-5,7,9H,6,8H2,1-2H3. The van der Waals surface area contributed by atoms with Crippen LogP contribution in [0, 0.1) is 0 Å². The van der Waals surface area contributed by atoms with Gasteiger partial charge in [0, 0.05) is 10.8 Å². The van der Waals surface area contributed by atoms with Crippen LogP contribution in [-0.2, 0) is 12.5 Å². The van der Waals surface area contributed by atoms with Crippen LogP contribution < -0.4 is 4.74 Å². The van der Waals surface area contributed by atoms with E-state index in [1.165, 1.54) is 4.88 Å². The lowest BCUT2D eigenvalue weighted by Crippen LogP contribution is -2.04. The molecule has 0 saturated carbocycles. The molecule has 0 N–H and O–H groups in total. The molecule has 0 aliphatic heterocycles. The Morgan fingerprint density at radius 2 is 2.28 bits per heavy atom. The van der Waals surface area contributed by atoms with Crippen LogP contribution in [0.15, 0.2) is 23.7 Å². The molecular formula is C13H15ClN2OS. The van der Waals surface area contributed by atoms with Crippen molar-refractivity contribution in [3.05, 3.63) is 40.1 Å². The van der Waals surface area contributed by atoms with E-state index in [9.17, 15) is 0 Å². The number of thiophene rings is 1. The molecule has 0 atom stereocenters. The van der Waals surface area contributed by atoms with Crippen LogP contribution in [0.3, 0.4) is 0 Å². The first-order valence-corrected chi connectivity index (χ1v) is 7.19. The highest BCUT2D eigenvalue weighted by Gasteiger charge is 2.10. The van der Waals surface area contributed by atoms with Gasteiger partial charge >= 0.3 is 0 Å². The third-order valence-electron chi connectivity index (χ3n) is 2.44. The average molecular weight is 283 g/mol. The van der Waals surface area contributed by atoms with Gasteiger partial charge in [-0.1, -0.05) is 19.9 Å². The molecule has 96 valence electrons. The number of ether oxygens (including phenoxy) is 1. The number of hydrogen-bond donors (Lipinski definition) is 0. The second kappa shape index (κ2) is 6.16. The fourth-order valence-corrected chi connectivity index (χ4v) is 2.27. The van der Waals surface area contributed by atoms with Crippen LogP contribution in [-0.4, -0.2) is 9.97 Å². The first-order chi connectivity index (χ1) is 8.70. The van der Waals surface area contributed by atoms with E-state index < -0.39 is 0 Å². The molecule has 0 aliphatic carbocycles. The van der Waals surface area contributed by atoms with Gasteiger partial charge in [0.25, 0.3) is 0 Å². The van der Waals surface area contributed by atoms with Crippen LogP contribution in [0.4, 0.5) is 0 Å². The lowest BCUT2D eigenvalue weighted by molar-refractivity contribution is 0.303. The fraction of sp³-hybridized carbons (Fsp3) is 0.385. The van der Waals surface area contributed by atoms with E-state index in [2.05, 4.69) is 23.8 Å². The summed E-state index contributed by atoms with van der Waals surface area (Å²) in [7, 11) is 0. The van der Waals surface area contributed by atoms with Crippen molar-refractivity contribution < 1.29 is 4.74 Å². The van der Waals surface area contributed by atoms with Gasteiger partial charge in [-0.15, -0.1) is 22.9 Å². The molecule has 0 fully saturated rings. The SMILES string of the molecule is CC(C)c1ncc(OCc2cccs2)c(CCl)n1. The Labute approximate surface area is 116 Å². The Balaban J connectivity index is 2.12. The van der Waals surface area contributed by atoms with Gasteiger partial charge in [0.2, 0.25) is 0 Å². The Morgan fingerprint density at radius 3 is 2.89 bits per heavy atom. The van der Waals surface area contributed by atoms with Crippen molar-refractivity contribution in [2.45, 2.75) is 32.3 Å². The van der Waals surface area contributed by atoms with E-state index in [4.69, 9.17) is 16.3 Å². The number of nitrogens with zero attached hydrogens (tertiary/aromatic N) is 2. The van der Waals surface area contributed by atoms with Gasteiger partial charge in [0.05, 0.1) is 12.1 Å². The lowest BCUT2D eigenvalue weighted by Gasteiger charge is -2.10. The smallest absolute Gasteiger partial charge is 0.160 e. The topological polar surface area (TPSA) is 35.0 Å². The predicted molar refractivity (Wildman–Crippen MR) is 74.3 cm³/mol. The van der Waals surface area contributed by atoms with Crippen molar-refractivity contribution in [1.29, 1.82) is 0 Å². The maximum atomic E-state index is 5.90. The summed E-state index contributed by atoms with van der Waals surface area (Å²) in [5.74, 6) is 2.09. The zero-order valence-electron chi connectivity index (χ0n) is 10.4. The van der Waals surface area contributed by atoms with Crippen molar-refractivity contribution in [3.63, 3.8) is 0 Å². The molecule has 5 heteroatoms. The molecule has 0 aromatic carbocycles. The number of alkyl halides is 1. The van der Waals surface area contributed by atoms with E-state index in [1.807, 2.05) is 17.5 Å². The molecule has 0 saturated heterocycles. The third kappa shape index (κ3) is 3.21. The zero-order valence-corrected chi connectivity index (χ0v) is 12.0. The Kier molecular flexibility index (Phi) is 4.55. The number of aromatic nitrogens is 2. The quantitative estimate of drug-likeness (QED) is 0.778. The summed E-state index contributed by atoms with van der Waals surface area (Å²) in [4.78, 5) is 9.89. The summed E-state index contributed by atoms with van der Waals surface area (Å²) in [6.07, 6.45) is 1.72. The summed E-state index contributed by atoms with van der Waals surface area (Å²) < 4.78 is 5.71. The highest BCUT2D eigenvalue weighted by molar-refractivity contribution is 7.09. The van der Waals surface area contributed by atoms with Crippen molar-refractivity contribution in [1.82, 2.24) is 9.97 Å². The maximum absolute atomic E-state index is 5.90. The average Bonchev–Trinajstić information content (AvgIpc) is 2.89. The van der Waals surface area contributed by atoms with Crippen LogP contribution >= 0.6 is 22.9 Å². The lowest BCUT2D eigenvalue weighted by atomic mass is 10.2. The maximum Gasteiger partial charge on any atom is 0.160 e. The first-order valence-electron chi connectivity index (χ1n) is 5.77. The fourth-order valence-electron chi connectivity index (χ4n) is 1.46. The molecule has 0 radical (unpaired) electrons. The van der Waals surface area contributed by atoms with Crippen LogP contribution in [0.1, 0.15) is 36.2 Å². The van der Waals surface area contributed by atoms with E-state index in [1.54, 1.807) is 17.5 Å². The number of rotatable bonds is 5. The molecule has 0 spiro atoms. The molecule has 2 heterocycles. The molecule has 2 aromatic heterocycles. The number of halogens is 1. The summed E-state index contributed by atoms with van der Waals surface area (Å²) in [5, 5.41) is 2.03. The highest BCUT2D eigenvalue weighted by atomic mass is 35.5. The summed E-state index contributed by atoms with van der Waals surface area (Å²) in [5.41, 5.74) is 0.756. The second-order valence-corrected chi connectivity index (χ2v) is 5.50. The van der Waals surface area contributed by atoms with E-state index in [0.717, 1.165) is 11.5 Å². The van der Waals surface area contributed by atoms with Crippen molar-refractivity contribution in [3.8, 4) is 5.75 Å². The van der Waals surface area contributed by atoms with Crippen LogP contribution in [0.2, 0.25) is 0 Å². The summed E-state index contributed by atoms with van der Waals surface area (Å²) in [6.45, 7) is 4.64. The molecule has 3 nitrogen and oxygen atoms in total. The Bertz CT molecular complexity index is 500. The molecule has 0 amide bonds. The van der Waals surface area contributed by atoms with Crippen molar-refractivity contribution in [2.24, 2.45) is 0 Å². The summed E-state index contributed by atoms with van der Waals surface area (Å²) >= 11 is 7.57. The summed E-state index contributed by atoms with van der Waals surface area (Å²) in [6, 6.07) is 4.04. The molecule has 18 heavy (non-hydrogen) atoms. The van der Waals surface area contributed by atoms with Gasteiger partial charge < -0.3 is 4.74 Å². The monoisotopic (exact) mass is 282 g/mol. The Morgan fingerprint density at radius 1 is 1.44 bits per heavy atom. The molecule has 2 rings (SSSR count). The van der Waals surface area contributed by atoms with Crippen LogP contribution in [0.5, 0.6) is 5.75 Å². The second-order valence-electron chi connectivity index (χ2n) is 4.20. The van der Waals surface area contributed by atoms with E-state index >= 15 is 0 Å². The van der Waals surface area contributed by atoms with Crippen molar-refractivity contribution in [2.75, 3.05) is 0 Å². The molecule has 0 aliphatic rings. The Hall–Kier alpha value is -1.13. The largest absolute Gasteiger partial charge is 0.484 e. The third-order valence-corrected chi connectivity index (χ3v) is 3.54. The van der Waals surface area contributed by atoms with Gasteiger partial charge in [-0.05, 0) is 11.4 Å². The van der Waals surface area contributed by atoms with Gasteiger partial charge in [-0.2, -0.15) is 0 Å². The molecule has 0 bridgehead atoms. The minimum Gasteiger partial charge on any atom is -0.484 e. The number of hydrogen-bond acceptors (Lipinski definition) is 4. The molecule has 0 unspecified atom stereocenters. The van der Waals surface area contributed by atoms with Gasteiger partial charge in [0.15, 0.2) is 5.75 Å². The van der Waals surface area contributed by atoms with E-state index in [-0.39, 0.29) is 0 Å².